The van der Waals surface area contributed by atoms with Gasteiger partial charge in [-0.25, -0.2) is 19.7 Å². The molecular weight excluding hydrogens is 208 g/mol. The van der Waals surface area contributed by atoms with E-state index in [1.807, 2.05) is 0 Å². The summed E-state index contributed by atoms with van der Waals surface area (Å²) in [4.78, 5) is 26.0. The van der Waals surface area contributed by atoms with Crippen LogP contribution >= 0.6 is 0 Å². The molecule has 0 aliphatic carbocycles. The zero-order valence-corrected chi connectivity index (χ0v) is 8.85. The van der Waals surface area contributed by atoms with Crippen LogP contribution in [-0.2, 0) is 0 Å². The van der Waals surface area contributed by atoms with E-state index in [0.29, 0.717) is 23.0 Å². The van der Waals surface area contributed by atoms with Crippen LogP contribution < -0.4 is 0 Å². The maximum absolute atomic E-state index is 10.9. The number of aromatic nitrogens is 4. The van der Waals surface area contributed by atoms with Gasteiger partial charge in [0.15, 0.2) is 11.6 Å². The predicted molar refractivity (Wildman–Crippen MR) is 56.0 cm³/mol. The second-order valence-electron chi connectivity index (χ2n) is 3.34. The fraction of sp³-hybridized carbons (Fsp3) is 0.200. The second-order valence-corrected chi connectivity index (χ2v) is 3.34. The van der Waals surface area contributed by atoms with Gasteiger partial charge in [0.05, 0.1) is 11.4 Å². The highest BCUT2D eigenvalue weighted by atomic mass is 16.4. The first-order chi connectivity index (χ1) is 7.59. The van der Waals surface area contributed by atoms with Crippen molar-refractivity contribution in [3.05, 3.63) is 29.3 Å². The molecule has 2 aromatic rings. The lowest BCUT2D eigenvalue weighted by atomic mass is 10.2. The van der Waals surface area contributed by atoms with Crippen LogP contribution in [-0.4, -0.2) is 31.0 Å². The maximum Gasteiger partial charge on any atom is 0.339 e. The molecule has 6 nitrogen and oxygen atoms in total. The molecule has 2 heterocycles. The Morgan fingerprint density at radius 2 is 1.94 bits per heavy atom. The van der Waals surface area contributed by atoms with Gasteiger partial charge in [-0.3, -0.25) is 0 Å². The zero-order valence-electron chi connectivity index (χ0n) is 8.85. The van der Waals surface area contributed by atoms with Crippen LogP contribution in [0.1, 0.15) is 21.7 Å². The van der Waals surface area contributed by atoms with Crippen LogP contribution in [0, 0.1) is 13.8 Å². The number of aryl methyl sites for hydroxylation is 2. The van der Waals surface area contributed by atoms with Gasteiger partial charge in [0.1, 0.15) is 5.56 Å². The molecule has 0 fully saturated rings. The van der Waals surface area contributed by atoms with Crippen LogP contribution in [0.2, 0.25) is 0 Å². The molecule has 0 atom stereocenters. The van der Waals surface area contributed by atoms with Crippen LogP contribution in [0.15, 0.2) is 12.4 Å². The van der Waals surface area contributed by atoms with E-state index in [1.54, 1.807) is 26.2 Å². The van der Waals surface area contributed by atoms with Gasteiger partial charge in [0.25, 0.3) is 0 Å². The quantitative estimate of drug-likeness (QED) is 0.789. The summed E-state index contributed by atoms with van der Waals surface area (Å²) < 4.78 is 0. The Kier molecular flexibility index (Phi) is 2.40. The molecule has 0 aliphatic heterocycles. The summed E-state index contributed by atoms with van der Waals surface area (Å²) in [6.45, 7) is 3.29. The number of aromatic carboxylic acids is 1. The van der Waals surface area contributed by atoms with Crippen molar-refractivity contribution in [3.8, 4) is 11.6 Å². The third kappa shape index (κ3) is 1.65. The standard InChI is InChI=1S/C10H10N4O2/c1-5-7(10(15)16)6(2)14-9(13-5)8-11-3-4-12-8/h3-4H,1-2H3,(H,11,12)(H,15,16). The highest BCUT2D eigenvalue weighted by molar-refractivity contribution is 5.90. The van der Waals surface area contributed by atoms with Gasteiger partial charge >= 0.3 is 5.97 Å². The molecule has 82 valence electrons. The number of aromatic amines is 1. The molecule has 0 spiro atoms. The van der Waals surface area contributed by atoms with E-state index in [-0.39, 0.29) is 5.56 Å². The van der Waals surface area contributed by atoms with Crippen molar-refractivity contribution in [3.63, 3.8) is 0 Å². The molecule has 6 heteroatoms. The second kappa shape index (κ2) is 3.73. The van der Waals surface area contributed by atoms with E-state index in [4.69, 9.17) is 5.11 Å². The van der Waals surface area contributed by atoms with Crippen LogP contribution in [0.4, 0.5) is 0 Å². The summed E-state index contributed by atoms with van der Waals surface area (Å²) in [5, 5.41) is 8.96. The molecule has 2 rings (SSSR count). The summed E-state index contributed by atoms with van der Waals surface area (Å²) >= 11 is 0. The van der Waals surface area contributed by atoms with Crippen molar-refractivity contribution in [1.82, 2.24) is 19.9 Å². The number of hydrogen-bond acceptors (Lipinski definition) is 4. The molecule has 2 aromatic heterocycles. The van der Waals surface area contributed by atoms with E-state index in [1.165, 1.54) is 0 Å². The van der Waals surface area contributed by atoms with Crippen molar-refractivity contribution in [2.24, 2.45) is 0 Å². The molecule has 2 N–H and O–H groups in total. The average molecular weight is 218 g/mol. The molecule has 0 unspecified atom stereocenters. The Labute approximate surface area is 91.4 Å². The molecule has 0 aliphatic rings. The monoisotopic (exact) mass is 218 g/mol. The number of rotatable bonds is 2. The van der Waals surface area contributed by atoms with E-state index >= 15 is 0 Å². The van der Waals surface area contributed by atoms with Crippen molar-refractivity contribution < 1.29 is 9.90 Å². The minimum absolute atomic E-state index is 0.148. The Bertz CT molecular complexity index is 511. The van der Waals surface area contributed by atoms with Gasteiger partial charge in [-0.1, -0.05) is 0 Å². The lowest BCUT2D eigenvalue weighted by molar-refractivity contribution is 0.0694. The van der Waals surface area contributed by atoms with Gasteiger partial charge in [-0.05, 0) is 13.8 Å². The Balaban J connectivity index is 2.58. The van der Waals surface area contributed by atoms with Crippen molar-refractivity contribution in [1.29, 1.82) is 0 Å². The summed E-state index contributed by atoms with van der Waals surface area (Å²) in [5.74, 6) is -0.0749. The van der Waals surface area contributed by atoms with Gasteiger partial charge in [-0.2, -0.15) is 0 Å². The summed E-state index contributed by atoms with van der Waals surface area (Å²) in [7, 11) is 0. The lowest BCUT2D eigenvalue weighted by Gasteiger charge is -2.05. The van der Waals surface area contributed by atoms with Crippen molar-refractivity contribution in [2.75, 3.05) is 0 Å². The molecule has 0 saturated heterocycles. The van der Waals surface area contributed by atoms with Crippen molar-refractivity contribution >= 4 is 5.97 Å². The lowest BCUT2D eigenvalue weighted by Crippen LogP contribution is -2.08. The smallest absolute Gasteiger partial charge is 0.339 e. The number of imidazole rings is 1. The Hall–Kier alpha value is -2.24. The number of carboxylic acids is 1. The third-order valence-corrected chi connectivity index (χ3v) is 2.19. The molecule has 0 amide bonds. The SMILES string of the molecule is Cc1nc(-c2ncc[nH]2)nc(C)c1C(=O)O. The predicted octanol–water partition coefficient (Wildman–Crippen LogP) is 1.18. The maximum atomic E-state index is 10.9. The zero-order chi connectivity index (χ0) is 11.7. The molecular formula is C10H10N4O2. The molecule has 0 saturated carbocycles. The minimum atomic E-state index is -1.01. The fourth-order valence-corrected chi connectivity index (χ4v) is 1.52. The van der Waals surface area contributed by atoms with Crippen LogP contribution in [0.5, 0.6) is 0 Å². The number of nitrogens with zero attached hydrogens (tertiary/aromatic N) is 3. The summed E-state index contributed by atoms with van der Waals surface area (Å²) in [6.07, 6.45) is 3.25. The Morgan fingerprint density at radius 1 is 1.31 bits per heavy atom. The summed E-state index contributed by atoms with van der Waals surface area (Å²) in [6, 6.07) is 0. The fourth-order valence-electron chi connectivity index (χ4n) is 1.52. The number of carbonyl (C=O) groups is 1. The normalized spacial score (nSPS) is 10.4. The van der Waals surface area contributed by atoms with Gasteiger partial charge in [0.2, 0.25) is 0 Å². The topological polar surface area (TPSA) is 91.8 Å². The van der Waals surface area contributed by atoms with Crippen molar-refractivity contribution in [2.45, 2.75) is 13.8 Å². The molecule has 0 radical (unpaired) electrons. The highest BCUT2D eigenvalue weighted by Crippen LogP contribution is 2.15. The number of nitrogens with one attached hydrogen (secondary N) is 1. The molecule has 0 bridgehead atoms. The summed E-state index contributed by atoms with van der Waals surface area (Å²) in [5.41, 5.74) is 1.02. The first kappa shape index (κ1) is 10.3. The molecule has 0 aromatic carbocycles. The van der Waals surface area contributed by atoms with E-state index in [0.717, 1.165) is 0 Å². The number of H-pyrrole nitrogens is 1. The number of hydrogen-bond donors (Lipinski definition) is 2. The largest absolute Gasteiger partial charge is 0.478 e. The molecule has 16 heavy (non-hydrogen) atoms. The first-order valence-electron chi connectivity index (χ1n) is 4.68. The minimum Gasteiger partial charge on any atom is -0.478 e. The Morgan fingerprint density at radius 3 is 2.38 bits per heavy atom. The van der Waals surface area contributed by atoms with Crippen LogP contribution in [0.3, 0.4) is 0 Å². The van der Waals surface area contributed by atoms with E-state index in [2.05, 4.69) is 19.9 Å². The average Bonchev–Trinajstić information content (AvgIpc) is 2.67. The van der Waals surface area contributed by atoms with E-state index in [9.17, 15) is 4.79 Å². The van der Waals surface area contributed by atoms with Gasteiger partial charge in [-0.15, -0.1) is 0 Å². The van der Waals surface area contributed by atoms with E-state index < -0.39 is 5.97 Å². The number of carboxylic acid groups (broad SMARTS) is 1. The highest BCUT2D eigenvalue weighted by Gasteiger charge is 2.16. The van der Waals surface area contributed by atoms with Gasteiger partial charge < -0.3 is 10.1 Å². The van der Waals surface area contributed by atoms with Crippen LogP contribution in [0.25, 0.3) is 11.6 Å². The third-order valence-electron chi connectivity index (χ3n) is 2.19. The van der Waals surface area contributed by atoms with Gasteiger partial charge in [0, 0.05) is 12.4 Å². The first-order valence-corrected chi connectivity index (χ1v) is 4.68.